The van der Waals surface area contributed by atoms with Crippen LogP contribution in [0.4, 0.5) is 0 Å². The Kier molecular flexibility index (Phi) is 40.3. The molecule has 3 aromatic carbocycles. The standard InChI is InChI=1S/C22H29N2O2S.C16H25N2O2S.2C2H6.2CH3.2ClH.2Ru/c1-18-13-15-20(16-14-18)27(25,26)24-22-12-6-5-11-21(22)23-17-7-10-19-8-3-2-4-9-19;1-21(19,20)18-16-12-6-5-11-15(16)17-13-7-10-14-8-3-2-4-9-14;2*1-2;;;;;;/h2-4,8-9,13-16,21-23H,5-7,10-12,17H2,1H3;2-4,8-9,15-17H,5-7,10-13H2,1H3;2*1-2H3;2*1H3;2*1H;;/q2*-1;;;2*-1;;;2*+4/p-2. The van der Waals surface area contributed by atoms with Crippen LogP contribution in [0.25, 0.3) is 9.44 Å². The van der Waals surface area contributed by atoms with Gasteiger partial charge in [-0.1, -0.05) is 145 Å². The van der Waals surface area contributed by atoms with Gasteiger partial charge in [0.2, 0.25) is 0 Å². The second kappa shape index (κ2) is 37.9. The molecule has 4 atom stereocenters. The van der Waals surface area contributed by atoms with Crippen LogP contribution in [0.2, 0.25) is 0 Å². The van der Waals surface area contributed by atoms with E-state index in [2.05, 4.69) is 88.0 Å². The first kappa shape index (κ1) is 61.5. The van der Waals surface area contributed by atoms with Gasteiger partial charge < -0.3 is 34.9 Å². The molecule has 2 fully saturated rings. The van der Waals surface area contributed by atoms with Gasteiger partial charge in [-0.25, -0.2) is 16.8 Å². The molecule has 2 saturated carbocycles. The summed E-state index contributed by atoms with van der Waals surface area (Å²) < 4.78 is 56.4. The zero-order valence-corrected chi connectivity index (χ0v) is 42.7. The van der Waals surface area contributed by atoms with Gasteiger partial charge >= 0.3 is 54.0 Å². The van der Waals surface area contributed by atoms with E-state index in [0.717, 1.165) is 95.7 Å². The number of nitrogens with zero attached hydrogens (tertiary/aromatic N) is 2. The number of hydrogen-bond donors (Lipinski definition) is 2. The summed E-state index contributed by atoms with van der Waals surface area (Å²) in [6, 6.07) is 27.9. The monoisotopic (exact) mass is 1060 g/mol. The molecule has 2 N–H and O–H groups in total. The molecule has 0 saturated heterocycles. The number of hydrogen-bond acceptors (Lipinski definition) is 6. The molecule has 5 rings (SSSR count). The van der Waals surface area contributed by atoms with Crippen LogP contribution < -0.4 is 10.6 Å². The van der Waals surface area contributed by atoms with Crippen LogP contribution in [0.3, 0.4) is 0 Å². The third-order valence-electron chi connectivity index (χ3n) is 9.16. The molecule has 0 aliphatic heterocycles. The van der Waals surface area contributed by atoms with Crippen molar-refractivity contribution in [2.75, 3.05) is 19.3 Å². The molecule has 58 heavy (non-hydrogen) atoms. The molecule has 0 aromatic heterocycles. The van der Waals surface area contributed by atoms with Gasteiger partial charge in [0.15, 0.2) is 0 Å². The predicted molar refractivity (Wildman–Crippen MR) is 245 cm³/mol. The quantitative estimate of drug-likeness (QED) is 0.0889. The van der Waals surface area contributed by atoms with Gasteiger partial charge in [-0.05, 0) is 93.9 Å². The number of sulfonamides is 2. The zero-order valence-electron chi connectivity index (χ0n) is 36.1. The molecular weight excluding hydrogens is 986 g/mol. The van der Waals surface area contributed by atoms with Gasteiger partial charge in [0.25, 0.3) is 0 Å². The molecule has 2 aliphatic rings. The Hall–Kier alpha value is -0.773. The molecule has 14 heteroatoms. The van der Waals surface area contributed by atoms with Crippen LogP contribution >= 0.6 is 19.4 Å². The Labute approximate surface area is 384 Å². The molecule has 8 nitrogen and oxygen atoms in total. The van der Waals surface area contributed by atoms with Crippen molar-refractivity contribution in [3.8, 4) is 0 Å². The summed E-state index contributed by atoms with van der Waals surface area (Å²) in [7, 11) is 2.29. The third kappa shape index (κ3) is 27.2. The number of rotatable bonds is 15. The molecule has 0 radical (unpaired) electrons. The Bertz CT molecular complexity index is 1580. The summed E-state index contributed by atoms with van der Waals surface area (Å²) in [5.41, 5.74) is 3.73. The molecule has 0 bridgehead atoms. The number of halogens is 2. The van der Waals surface area contributed by atoms with Crippen molar-refractivity contribution >= 4 is 39.4 Å². The maximum absolute atomic E-state index is 12.7. The maximum atomic E-state index is 12.7. The van der Waals surface area contributed by atoms with E-state index in [1.54, 1.807) is 12.1 Å². The van der Waals surface area contributed by atoms with E-state index in [1.807, 2.05) is 93.5 Å². The van der Waals surface area contributed by atoms with Gasteiger partial charge in [-0.15, -0.1) is 12.1 Å². The van der Waals surface area contributed by atoms with E-state index >= 15 is 0 Å². The van der Waals surface area contributed by atoms with Crippen molar-refractivity contribution < 1.29 is 51.5 Å². The zero-order chi connectivity index (χ0) is 42.2. The molecule has 0 heterocycles. The summed E-state index contributed by atoms with van der Waals surface area (Å²) in [4.78, 5) is 0.293. The van der Waals surface area contributed by atoms with Gasteiger partial charge in [0.1, 0.15) is 10.0 Å². The number of nitrogens with one attached hydrogen (secondary N) is 2. The van der Waals surface area contributed by atoms with Crippen molar-refractivity contribution in [2.24, 2.45) is 0 Å². The van der Waals surface area contributed by atoms with E-state index in [1.165, 1.54) is 17.4 Å². The van der Waals surface area contributed by atoms with E-state index in [9.17, 15) is 16.8 Å². The summed E-state index contributed by atoms with van der Waals surface area (Å²) in [5, 5.41) is 7.07. The molecule has 0 amide bonds. The fraction of sp³-hybridized carbons (Fsp3) is 0.545. The summed E-state index contributed by atoms with van der Waals surface area (Å²) in [5.74, 6) is 0. The van der Waals surface area contributed by atoms with Crippen LogP contribution in [0.5, 0.6) is 0 Å². The SMILES string of the molecule is CC.CC.CS(=O)(=O)[N-]C1CCCCC1NCCCc1ccccc1.Cc1ccc(S(=O)(=O)[N-]C2CCCCC2NCCCc2ccccc2)cc1.[CH3-].[CH3-].[Cl][Ru+3].[Cl][Ru+3]. The molecule has 332 valence electrons. The Balaban J connectivity index is -0.000000881. The normalized spacial score (nSPS) is 18.3. The Morgan fingerprint density at radius 2 is 0.948 bits per heavy atom. The topological polar surface area (TPSA) is 121 Å². The average molecular weight is 1060 g/mol. The molecule has 3 aromatic rings. The van der Waals surface area contributed by atoms with Crippen molar-refractivity contribution in [3.05, 3.63) is 126 Å². The first-order chi connectivity index (χ1) is 27.1. The molecule has 0 spiro atoms. The van der Waals surface area contributed by atoms with Crippen LogP contribution in [0.1, 0.15) is 109 Å². The van der Waals surface area contributed by atoms with Gasteiger partial charge in [0, 0.05) is 11.2 Å². The average Bonchev–Trinajstić information content (AvgIpc) is 3.23. The van der Waals surface area contributed by atoms with Crippen LogP contribution in [0, 0.1) is 21.8 Å². The molecular formula is C44H72Cl2N4O4Ru2S2+2. The number of benzene rings is 3. The summed E-state index contributed by atoms with van der Waals surface area (Å²) >= 11 is 3.64. The fourth-order valence-electron chi connectivity index (χ4n) is 6.60. The molecule has 4 unspecified atom stereocenters. The van der Waals surface area contributed by atoms with E-state index in [4.69, 9.17) is 0 Å². The van der Waals surface area contributed by atoms with Crippen LogP contribution in [-0.4, -0.2) is 60.3 Å². The van der Waals surface area contributed by atoms with Crippen molar-refractivity contribution in [1.82, 2.24) is 10.6 Å². The Morgan fingerprint density at radius 3 is 1.33 bits per heavy atom. The summed E-state index contributed by atoms with van der Waals surface area (Å²) in [6.45, 7) is 11.7. The number of aryl methyl sites for hydroxylation is 3. The Morgan fingerprint density at radius 1 is 0.586 bits per heavy atom. The fourth-order valence-corrected chi connectivity index (χ4v) is 8.55. The molecule has 2 aliphatic carbocycles. The first-order valence-electron chi connectivity index (χ1n) is 19.9. The first-order valence-corrected chi connectivity index (χ1v) is 27.6. The van der Waals surface area contributed by atoms with Gasteiger partial charge in [0.05, 0.1) is 10.0 Å². The van der Waals surface area contributed by atoms with Crippen molar-refractivity contribution in [1.29, 1.82) is 0 Å². The van der Waals surface area contributed by atoms with E-state index < -0.39 is 20.0 Å². The van der Waals surface area contributed by atoms with Gasteiger partial charge in [-0.3, -0.25) is 0 Å². The summed E-state index contributed by atoms with van der Waals surface area (Å²) in [6.07, 6.45) is 13.5. The van der Waals surface area contributed by atoms with Crippen LogP contribution in [-0.2, 0) is 67.5 Å². The van der Waals surface area contributed by atoms with Crippen molar-refractivity contribution in [2.45, 2.75) is 141 Å². The van der Waals surface area contributed by atoms with Crippen LogP contribution in [0.15, 0.2) is 89.8 Å². The van der Waals surface area contributed by atoms with E-state index in [-0.39, 0.29) is 39.0 Å². The second-order valence-corrected chi connectivity index (χ2v) is 16.5. The van der Waals surface area contributed by atoms with Crippen molar-refractivity contribution in [3.63, 3.8) is 0 Å². The van der Waals surface area contributed by atoms with E-state index in [0.29, 0.717) is 4.90 Å². The third-order valence-corrected chi connectivity index (χ3v) is 11.2. The van der Waals surface area contributed by atoms with Gasteiger partial charge in [-0.2, -0.15) is 0 Å². The second-order valence-electron chi connectivity index (χ2n) is 13.2. The predicted octanol–water partition coefficient (Wildman–Crippen LogP) is 11.8. The minimum absolute atomic E-state index is 0. The minimum atomic E-state index is -3.60.